The third-order valence-electron chi connectivity index (χ3n) is 4.15. The van der Waals surface area contributed by atoms with E-state index in [9.17, 15) is 22.0 Å². The molecule has 2 unspecified atom stereocenters. The smallest absolute Gasteiger partial charge is 0.387 e. The molecule has 0 aromatic carbocycles. The molecule has 1 aliphatic carbocycles. The fourth-order valence-electron chi connectivity index (χ4n) is 2.97. The highest BCUT2D eigenvalue weighted by atomic mass is 19.3. The van der Waals surface area contributed by atoms with Crippen molar-refractivity contribution in [3.63, 3.8) is 0 Å². The Morgan fingerprint density at radius 2 is 1.96 bits per heavy atom. The average Bonchev–Trinajstić information content (AvgIpc) is 2.43. The first-order valence-corrected chi connectivity index (χ1v) is 6.76. The molecule has 0 spiro atoms. The first-order chi connectivity index (χ1) is 10.6. The highest BCUT2D eigenvalue weighted by Gasteiger charge is 2.60. The monoisotopic (exact) mass is 340 g/mol. The van der Waals surface area contributed by atoms with Gasteiger partial charge in [0.05, 0.1) is 12.0 Å². The number of amidine groups is 1. The summed E-state index contributed by atoms with van der Waals surface area (Å²) in [7, 11) is 0. The molecule has 0 fully saturated rings. The van der Waals surface area contributed by atoms with Gasteiger partial charge in [0.2, 0.25) is 0 Å². The molecule has 23 heavy (non-hydrogen) atoms. The normalized spacial score (nSPS) is 32.2. The number of halogens is 5. The third kappa shape index (κ3) is 2.87. The van der Waals surface area contributed by atoms with Crippen molar-refractivity contribution in [1.82, 2.24) is 5.32 Å². The van der Waals surface area contributed by atoms with Crippen LogP contribution in [0.25, 0.3) is 0 Å². The first-order valence-electron chi connectivity index (χ1n) is 6.76. The number of alkyl halides is 4. The van der Waals surface area contributed by atoms with E-state index in [1.54, 1.807) is 0 Å². The Bertz CT molecular complexity index is 577. The topological polar surface area (TPSA) is 85.7 Å². The number of hydrogen-bond donors (Lipinski definition) is 3. The lowest BCUT2D eigenvalue weighted by molar-refractivity contribution is -0.0994. The maximum atomic E-state index is 14.8. The Morgan fingerprint density at radius 3 is 2.48 bits per heavy atom. The van der Waals surface area contributed by atoms with Crippen molar-refractivity contribution >= 4 is 5.84 Å². The summed E-state index contributed by atoms with van der Waals surface area (Å²) < 4.78 is 71.4. The fraction of sp³-hybridized carbons (Fsp3) is 0.615. The molecule has 2 aliphatic rings. The molecule has 0 aromatic rings. The summed E-state index contributed by atoms with van der Waals surface area (Å²) in [5, 5.41) is 2.65. The second kappa shape index (κ2) is 5.99. The quantitative estimate of drug-likeness (QED) is 0.679. The van der Waals surface area contributed by atoms with Gasteiger partial charge in [-0.25, -0.2) is 13.2 Å². The molecule has 0 saturated carbocycles. The summed E-state index contributed by atoms with van der Waals surface area (Å²) in [5.41, 5.74) is 6.82. The number of nitrogens with one attached hydrogen (secondary N) is 1. The SMILES string of the molecule is CC1(C2(C(F)F)CNCC(N)=N2)CC(N)=CC(OC(F)F)=C1F. The Kier molecular flexibility index (Phi) is 4.56. The first kappa shape index (κ1) is 17.5. The number of ether oxygens (including phenoxy) is 1. The molecule has 5 nitrogen and oxygen atoms in total. The van der Waals surface area contributed by atoms with Crippen LogP contribution in [0.5, 0.6) is 0 Å². The summed E-state index contributed by atoms with van der Waals surface area (Å²) >= 11 is 0. The van der Waals surface area contributed by atoms with Crippen LogP contribution in [0.15, 0.2) is 28.4 Å². The predicted octanol–water partition coefficient (Wildman–Crippen LogP) is 1.62. The van der Waals surface area contributed by atoms with Crippen molar-refractivity contribution in [2.75, 3.05) is 13.1 Å². The average molecular weight is 340 g/mol. The van der Waals surface area contributed by atoms with Crippen LogP contribution in [-0.4, -0.2) is 37.5 Å². The van der Waals surface area contributed by atoms with Crippen LogP contribution in [0.3, 0.4) is 0 Å². The predicted molar refractivity (Wildman–Crippen MR) is 73.4 cm³/mol. The fourth-order valence-corrected chi connectivity index (χ4v) is 2.97. The van der Waals surface area contributed by atoms with Crippen molar-refractivity contribution in [2.45, 2.75) is 31.9 Å². The van der Waals surface area contributed by atoms with Gasteiger partial charge < -0.3 is 21.5 Å². The van der Waals surface area contributed by atoms with Crippen molar-refractivity contribution in [2.24, 2.45) is 21.9 Å². The van der Waals surface area contributed by atoms with E-state index in [0.29, 0.717) is 0 Å². The lowest BCUT2D eigenvalue weighted by Gasteiger charge is -2.47. The highest BCUT2D eigenvalue weighted by molar-refractivity contribution is 5.83. The van der Waals surface area contributed by atoms with Gasteiger partial charge in [-0.1, -0.05) is 6.92 Å². The number of allylic oxidation sites excluding steroid dienone is 2. The van der Waals surface area contributed by atoms with E-state index < -0.39 is 35.6 Å². The molecule has 0 aromatic heterocycles. The largest absolute Gasteiger partial charge is 0.432 e. The van der Waals surface area contributed by atoms with Crippen LogP contribution in [0.1, 0.15) is 13.3 Å². The minimum Gasteiger partial charge on any atom is -0.432 e. The standard InChI is InChI=1S/C13H17F5N4O/c1-12(13(10(15)16)5-21-4-8(20)22-13)3-6(19)2-7(9(12)14)23-11(17)18/h2,10-11,21H,3-5,19H2,1H3,(H2,20,22). The van der Waals surface area contributed by atoms with Crippen LogP contribution in [0.4, 0.5) is 22.0 Å². The maximum Gasteiger partial charge on any atom is 0.387 e. The molecule has 1 aliphatic heterocycles. The summed E-state index contributed by atoms with van der Waals surface area (Å²) in [4.78, 5) is 3.79. The lowest BCUT2D eigenvalue weighted by atomic mass is 9.65. The van der Waals surface area contributed by atoms with Crippen molar-refractivity contribution in [3.8, 4) is 0 Å². The van der Waals surface area contributed by atoms with Gasteiger partial charge in [0.25, 0.3) is 6.43 Å². The molecule has 0 bridgehead atoms. The zero-order valence-electron chi connectivity index (χ0n) is 12.3. The molecule has 2 rings (SSSR count). The number of nitrogens with two attached hydrogens (primary N) is 2. The Hall–Kier alpha value is -1.84. The zero-order valence-corrected chi connectivity index (χ0v) is 12.3. The second-order valence-electron chi connectivity index (χ2n) is 5.72. The minimum absolute atomic E-state index is 0.0658. The van der Waals surface area contributed by atoms with Crippen molar-refractivity contribution in [3.05, 3.63) is 23.4 Å². The van der Waals surface area contributed by atoms with Gasteiger partial charge in [-0.2, -0.15) is 8.78 Å². The summed E-state index contributed by atoms with van der Waals surface area (Å²) in [6.07, 6.45) is -2.58. The molecular formula is C13H17F5N4O. The van der Waals surface area contributed by atoms with Gasteiger partial charge in [-0.15, -0.1) is 0 Å². The summed E-state index contributed by atoms with van der Waals surface area (Å²) in [6.45, 7) is -2.48. The third-order valence-corrected chi connectivity index (χ3v) is 4.15. The molecule has 10 heteroatoms. The van der Waals surface area contributed by atoms with Crippen LogP contribution in [0, 0.1) is 5.41 Å². The van der Waals surface area contributed by atoms with E-state index in [-0.39, 0.29) is 31.0 Å². The van der Waals surface area contributed by atoms with Gasteiger partial charge >= 0.3 is 6.61 Å². The second-order valence-corrected chi connectivity index (χ2v) is 5.72. The van der Waals surface area contributed by atoms with E-state index in [4.69, 9.17) is 11.5 Å². The minimum atomic E-state index is -3.32. The van der Waals surface area contributed by atoms with Crippen LogP contribution < -0.4 is 16.8 Å². The van der Waals surface area contributed by atoms with Crippen LogP contribution in [-0.2, 0) is 4.74 Å². The summed E-state index contributed by atoms with van der Waals surface area (Å²) in [6, 6.07) is 0. The van der Waals surface area contributed by atoms with Crippen molar-refractivity contribution < 1.29 is 26.7 Å². The molecule has 130 valence electrons. The van der Waals surface area contributed by atoms with E-state index in [1.807, 2.05) is 0 Å². The van der Waals surface area contributed by atoms with Gasteiger partial charge in [0.15, 0.2) is 11.6 Å². The highest BCUT2D eigenvalue weighted by Crippen LogP contribution is 2.52. The Balaban J connectivity index is 2.60. The van der Waals surface area contributed by atoms with E-state index in [0.717, 1.165) is 13.0 Å². The van der Waals surface area contributed by atoms with Gasteiger partial charge in [-0.05, 0) is 0 Å². The number of nitrogens with zero attached hydrogens (tertiary/aromatic N) is 1. The summed E-state index contributed by atoms with van der Waals surface area (Å²) in [5.74, 6) is -2.26. The van der Waals surface area contributed by atoms with Crippen LogP contribution in [0.2, 0.25) is 0 Å². The molecule has 2 atom stereocenters. The molecule has 0 amide bonds. The van der Waals surface area contributed by atoms with Crippen molar-refractivity contribution in [1.29, 1.82) is 0 Å². The Labute approximate surface area is 129 Å². The molecule has 0 saturated heterocycles. The van der Waals surface area contributed by atoms with Gasteiger partial charge in [0, 0.05) is 24.7 Å². The van der Waals surface area contributed by atoms with E-state index in [1.165, 1.54) is 0 Å². The number of hydrogen-bond acceptors (Lipinski definition) is 5. The maximum absolute atomic E-state index is 14.8. The molecular weight excluding hydrogens is 323 g/mol. The molecule has 0 radical (unpaired) electrons. The number of aliphatic imine (C=N–C) groups is 1. The molecule has 5 N–H and O–H groups in total. The Morgan fingerprint density at radius 1 is 1.30 bits per heavy atom. The van der Waals surface area contributed by atoms with E-state index in [2.05, 4.69) is 15.0 Å². The van der Waals surface area contributed by atoms with Gasteiger partial charge in [-0.3, -0.25) is 4.99 Å². The van der Waals surface area contributed by atoms with Gasteiger partial charge in [0.1, 0.15) is 11.4 Å². The zero-order chi connectivity index (χ0) is 17.4. The van der Waals surface area contributed by atoms with Crippen LogP contribution >= 0.6 is 0 Å². The number of rotatable bonds is 4. The van der Waals surface area contributed by atoms with E-state index >= 15 is 0 Å². The molecule has 1 heterocycles. The lowest BCUT2D eigenvalue weighted by Crippen LogP contribution is -2.62.